The summed E-state index contributed by atoms with van der Waals surface area (Å²) in [6.45, 7) is 1.76. The zero-order chi connectivity index (χ0) is 23.1. The van der Waals surface area contributed by atoms with Gasteiger partial charge in [0.1, 0.15) is 10.7 Å². The zero-order valence-corrected chi connectivity index (χ0v) is 19.5. The molecule has 2 aliphatic heterocycles. The van der Waals surface area contributed by atoms with Gasteiger partial charge in [-0.3, -0.25) is 4.79 Å². The van der Waals surface area contributed by atoms with Gasteiger partial charge < -0.3 is 15.0 Å². The number of nitrogens with zero attached hydrogens (tertiary/aromatic N) is 3. The van der Waals surface area contributed by atoms with Gasteiger partial charge in [-0.25, -0.2) is 27.2 Å². The van der Waals surface area contributed by atoms with Crippen LogP contribution in [0.25, 0.3) is 0 Å². The Morgan fingerprint density at radius 2 is 1.84 bits per heavy atom. The predicted molar refractivity (Wildman–Crippen MR) is 114 cm³/mol. The van der Waals surface area contributed by atoms with Crippen LogP contribution in [0.4, 0.5) is 8.78 Å². The van der Waals surface area contributed by atoms with E-state index in [0.29, 0.717) is 12.1 Å². The summed E-state index contributed by atoms with van der Waals surface area (Å²) in [5.74, 6) is -3.37. The quantitative estimate of drug-likeness (QED) is 0.588. The van der Waals surface area contributed by atoms with Gasteiger partial charge in [-0.2, -0.15) is 0 Å². The molecule has 2 saturated heterocycles. The SMILES string of the molecule is CS(=O)(=O)c1cc(F)c(OC2(c3ncccn3)C(=O)N(C3CCNCC3)CC2Br)cc1F. The topological polar surface area (TPSA) is 101 Å². The normalized spacial score (nSPS) is 24.7. The number of aromatic nitrogens is 2. The second-order valence-electron chi connectivity index (χ2n) is 7.80. The van der Waals surface area contributed by atoms with Crippen LogP contribution in [0.1, 0.15) is 18.7 Å². The number of likely N-dealkylation sites (tertiary alicyclic amines) is 1. The number of halogens is 3. The Morgan fingerprint density at radius 1 is 1.19 bits per heavy atom. The Balaban J connectivity index is 1.79. The molecule has 1 aromatic carbocycles. The Morgan fingerprint density at radius 3 is 2.47 bits per heavy atom. The van der Waals surface area contributed by atoms with Crippen molar-refractivity contribution in [2.24, 2.45) is 0 Å². The molecule has 8 nitrogen and oxygen atoms in total. The van der Waals surface area contributed by atoms with Crippen LogP contribution in [0.2, 0.25) is 0 Å². The summed E-state index contributed by atoms with van der Waals surface area (Å²) >= 11 is 3.50. The number of alkyl halides is 1. The van der Waals surface area contributed by atoms with Gasteiger partial charge >= 0.3 is 0 Å². The van der Waals surface area contributed by atoms with Crippen molar-refractivity contribution in [2.45, 2.75) is 34.2 Å². The molecule has 2 atom stereocenters. The van der Waals surface area contributed by atoms with Crippen molar-refractivity contribution in [1.29, 1.82) is 0 Å². The average Bonchev–Trinajstić information content (AvgIpc) is 3.02. The summed E-state index contributed by atoms with van der Waals surface area (Å²) in [7, 11) is -4.00. The fourth-order valence-corrected chi connectivity index (χ4v) is 5.63. The van der Waals surface area contributed by atoms with E-state index in [2.05, 4.69) is 31.2 Å². The fraction of sp³-hybridized carbons (Fsp3) is 0.450. The summed E-state index contributed by atoms with van der Waals surface area (Å²) in [6.07, 6.45) is 5.11. The van der Waals surface area contributed by atoms with Crippen molar-refractivity contribution in [3.63, 3.8) is 0 Å². The monoisotopic (exact) mass is 530 g/mol. The van der Waals surface area contributed by atoms with Crippen LogP contribution in [0.5, 0.6) is 5.75 Å². The number of hydrogen-bond acceptors (Lipinski definition) is 7. The Kier molecular flexibility index (Phi) is 6.21. The molecule has 1 N–H and O–H groups in total. The van der Waals surface area contributed by atoms with Crippen molar-refractivity contribution in [3.8, 4) is 5.75 Å². The number of carbonyl (C=O) groups excluding carboxylic acids is 1. The Hall–Kier alpha value is -2.18. The number of nitrogens with one attached hydrogen (secondary N) is 1. The summed E-state index contributed by atoms with van der Waals surface area (Å²) in [5.41, 5.74) is -1.86. The van der Waals surface area contributed by atoms with Crippen molar-refractivity contribution >= 4 is 31.7 Å². The third kappa shape index (κ3) is 3.99. The van der Waals surface area contributed by atoms with Gasteiger partial charge in [0.2, 0.25) is 0 Å². The van der Waals surface area contributed by atoms with Gasteiger partial charge in [-0.1, -0.05) is 15.9 Å². The van der Waals surface area contributed by atoms with E-state index >= 15 is 0 Å². The Bertz CT molecular complexity index is 1130. The maximum Gasteiger partial charge on any atom is 0.276 e. The minimum Gasteiger partial charge on any atom is -0.465 e. The molecular formula is C20H21BrF2N4O4S. The first-order chi connectivity index (χ1) is 15.1. The first-order valence-electron chi connectivity index (χ1n) is 9.96. The van der Waals surface area contributed by atoms with Crippen LogP contribution in [0.3, 0.4) is 0 Å². The molecule has 4 rings (SSSR count). The van der Waals surface area contributed by atoms with Crippen LogP contribution in [0, 0.1) is 11.6 Å². The molecule has 172 valence electrons. The van der Waals surface area contributed by atoms with Gasteiger partial charge in [0.15, 0.2) is 27.2 Å². The highest BCUT2D eigenvalue weighted by atomic mass is 79.9. The minimum absolute atomic E-state index is 0.00435. The highest BCUT2D eigenvalue weighted by Gasteiger charge is 2.60. The van der Waals surface area contributed by atoms with Crippen LogP contribution < -0.4 is 10.1 Å². The van der Waals surface area contributed by atoms with Crippen LogP contribution >= 0.6 is 15.9 Å². The maximum atomic E-state index is 14.9. The van der Waals surface area contributed by atoms with Crippen LogP contribution in [-0.2, 0) is 20.2 Å². The lowest BCUT2D eigenvalue weighted by molar-refractivity contribution is -0.144. The van der Waals surface area contributed by atoms with E-state index in [1.165, 1.54) is 12.4 Å². The van der Waals surface area contributed by atoms with Crippen molar-refractivity contribution in [1.82, 2.24) is 20.2 Å². The lowest BCUT2D eigenvalue weighted by Gasteiger charge is -2.33. The molecule has 0 radical (unpaired) electrons. The lowest BCUT2D eigenvalue weighted by atomic mass is 9.99. The number of benzene rings is 1. The molecule has 0 aliphatic carbocycles. The van der Waals surface area contributed by atoms with E-state index in [-0.39, 0.29) is 18.4 Å². The zero-order valence-electron chi connectivity index (χ0n) is 17.1. The molecule has 1 aromatic heterocycles. The van der Waals surface area contributed by atoms with Crippen molar-refractivity contribution in [3.05, 3.63) is 48.1 Å². The molecule has 1 amide bonds. The number of ether oxygens (including phenoxy) is 1. The number of piperidine rings is 1. The van der Waals surface area contributed by atoms with Crippen molar-refractivity contribution < 1.29 is 26.7 Å². The average molecular weight is 531 g/mol. The first-order valence-corrected chi connectivity index (χ1v) is 12.8. The molecule has 0 saturated carbocycles. The molecule has 2 fully saturated rings. The van der Waals surface area contributed by atoms with E-state index in [1.54, 1.807) is 11.0 Å². The van der Waals surface area contributed by atoms with Crippen molar-refractivity contribution in [2.75, 3.05) is 25.9 Å². The molecule has 12 heteroatoms. The van der Waals surface area contributed by atoms with E-state index in [9.17, 15) is 22.0 Å². The molecule has 2 unspecified atom stereocenters. The summed E-state index contributed by atoms with van der Waals surface area (Å²) in [4.78, 5) is 22.3. The number of rotatable bonds is 5. The summed E-state index contributed by atoms with van der Waals surface area (Å²) in [6, 6.07) is 2.70. The van der Waals surface area contributed by atoms with Gasteiger partial charge in [-0.05, 0) is 38.1 Å². The first kappa shape index (κ1) is 23.0. The minimum atomic E-state index is -4.00. The second-order valence-corrected chi connectivity index (χ2v) is 10.9. The van der Waals surface area contributed by atoms with Gasteiger partial charge in [-0.15, -0.1) is 0 Å². The Labute approximate surface area is 192 Å². The smallest absolute Gasteiger partial charge is 0.276 e. The third-order valence-corrected chi connectivity index (χ3v) is 7.73. The fourth-order valence-electron chi connectivity index (χ4n) is 4.09. The molecule has 3 heterocycles. The van der Waals surface area contributed by atoms with E-state index in [4.69, 9.17) is 4.74 Å². The number of amides is 1. The predicted octanol–water partition coefficient (Wildman–Crippen LogP) is 1.79. The standard InChI is InChI=1S/C20H21BrF2N4O4S/c1-32(29,30)16-10-13(22)15(9-14(16)23)31-20(18-25-5-2-6-26-18)17(21)11-27(19(20)28)12-3-7-24-8-4-12/h2,5-6,9-10,12,17,24H,3-4,7-8,11H2,1H3. The molecule has 2 aromatic rings. The second kappa shape index (κ2) is 8.64. The number of hydrogen-bond donors (Lipinski definition) is 1. The highest BCUT2D eigenvalue weighted by Crippen LogP contribution is 2.43. The summed E-state index contributed by atoms with van der Waals surface area (Å²) in [5, 5.41) is 3.24. The molecule has 0 bridgehead atoms. The molecule has 0 spiro atoms. The van der Waals surface area contributed by atoms with Crippen LogP contribution in [-0.4, -0.2) is 66.0 Å². The molecule has 2 aliphatic rings. The van der Waals surface area contributed by atoms with E-state index < -0.39 is 48.5 Å². The van der Waals surface area contributed by atoms with E-state index in [1.807, 2.05) is 0 Å². The maximum absolute atomic E-state index is 14.9. The molecular weight excluding hydrogens is 510 g/mol. The van der Waals surface area contributed by atoms with Crippen LogP contribution in [0.15, 0.2) is 35.5 Å². The van der Waals surface area contributed by atoms with Gasteiger partial charge in [0.05, 0.1) is 4.83 Å². The van der Waals surface area contributed by atoms with E-state index in [0.717, 1.165) is 32.2 Å². The van der Waals surface area contributed by atoms with Gasteiger partial charge in [0, 0.05) is 37.3 Å². The third-order valence-electron chi connectivity index (χ3n) is 5.68. The lowest BCUT2D eigenvalue weighted by Crippen LogP contribution is -2.51. The highest BCUT2D eigenvalue weighted by molar-refractivity contribution is 9.09. The number of carbonyl (C=O) groups is 1. The number of sulfone groups is 1. The largest absolute Gasteiger partial charge is 0.465 e. The van der Waals surface area contributed by atoms with Gasteiger partial charge in [0.25, 0.3) is 11.5 Å². The summed E-state index contributed by atoms with van der Waals surface area (Å²) < 4.78 is 58.7. The molecule has 32 heavy (non-hydrogen) atoms.